The molecule has 2 aliphatic rings. The van der Waals surface area contributed by atoms with Crippen molar-refractivity contribution in [2.45, 2.75) is 132 Å². The highest BCUT2D eigenvalue weighted by molar-refractivity contribution is 5.92. The van der Waals surface area contributed by atoms with Crippen LogP contribution < -0.4 is 68.6 Å². The molecule has 13 aromatic carbocycles. The Labute approximate surface area is 833 Å². The summed E-state index contributed by atoms with van der Waals surface area (Å²) < 4.78 is 129. The van der Waals surface area contributed by atoms with Crippen LogP contribution in [0, 0.1) is 55.4 Å². The maximum Gasteiger partial charge on any atom is 0.573 e. The fraction of sp³-hybridized carbons (Fsp3) is 0.235. The van der Waals surface area contributed by atoms with E-state index in [1.807, 2.05) is 289 Å². The van der Waals surface area contributed by atoms with Crippen LogP contribution in [0.3, 0.4) is 0 Å². The second-order valence-corrected chi connectivity index (χ2v) is 34.2. The van der Waals surface area contributed by atoms with Crippen LogP contribution in [-0.2, 0) is 66.5 Å². The zero-order chi connectivity index (χ0) is 102. The molecule has 0 aliphatic carbocycles. The van der Waals surface area contributed by atoms with E-state index in [4.69, 9.17) is 43.0 Å². The third kappa shape index (κ3) is 35.6. The molecule has 2 aliphatic heterocycles. The third-order valence-electron chi connectivity index (χ3n) is 23.3. The van der Waals surface area contributed by atoms with Crippen molar-refractivity contribution in [2.75, 3.05) is 54.6 Å². The Morgan fingerprint density at radius 3 is 0.937 bits per heavy atom. The highest BCUT2D eigenvalue weighted by Gasteiger charge is 2.33. The summed E-state index contributed by atoms with van der Waals surface area (Å²) in [5.41, 5.74) is 24.1. The van der Waals surface area contributed by atoms with E-state index >= 15 is 0 Å². The molecule has 2 amide bonds. The Morgan fingerprint density at radius 2 is 0.636 bits per heavy atom. The number of carboxylic acids is 1. The average Bonchev–Trinajstić information content (AvgIpc) is 0.795. The first-order valence-corrected chi connectivity index (χ1v) is 46.9. The fourth-order valence-electron chi connectivity index (χ4n) is 15.8. The number of ether oxygens (including phenoxy) is 10. The van der Waals surface area contributed by atoms with Crippen molar-refractivity contribution in [1.29, 1.82) is 0 Å². The molecule has 18 nitrogen and oxygen atoms in total. The van der Waals surface area contributed by atoms with E-state index in [9.17, 15) is 40.7 Å². The van der Waals surface area contributed by atoms with Gasteiger partial charge in [0.2, 0.25) is 11.8 Å². The van der Waals surface area contributed by atoms with Crippen LogP contribution in [0.5, 0.6) is 57.5 Å². The molecule has 5 N–H and O–H groups in total. The molecule has 2 atom stereocenters. The lowest BCUT2D eigenvalue weighted by molar-refractivity contribution is -0.275. The second kappa shape index (κ2) is 54.3. The molecule has 13 aromatic rings. The standard InChI is InChI=1S/2C27H26F3NO3.2C27H29NO3.C11H12O2/c2*1-18-14-22(34-27(28,29)30)10-8-20(18)9-11-24-23-16-25(32-2)26(15-21(23)12-13-31-24)33-17-19-6-4-3-5-7-19;2*1-20-9-11-24(21(2)17-20)12-14-27(29)28-16-15-22-10-13-25(30-3)26(18-22)31-19-23-7-5-4-6-8-23;1-8-3-4-10(9(2)7-8)5-6-11(12)13/h2*3-11,14-16,24,31H,12-13,17H2,1-2H3;2*4-14,17-18H,15-16,19H2,1-3H3,(H,28,29);3-7H,1-2H3,(H,12,13)/b2*11-9+;2*14-12+;6-5+. The molecule has 0 bridgehead atoms. The summed E-state index contributed by atoms with van der Waals surface area (Å²) in [5.74, 6) is 3.92. The fourth-order valence-corrected chi connectivity index (χ4v) is 15.8. The molecule has 143 heavy (non-hydrogen) atoms. The highest BCUT2D eigenvalue weighted by atomic mass is 19.4. The van der Waals surface area contributed by atoms with Crippen LogP contribution in [0.1, 0.15) is 140 Å². The molecular weight excluding hydrogens is 1820 g/mol. The van der Waals surface area contributed by atoms with E-state index in [0.29, 0.717) is 109 Å². The van der Waals surface area contributed by atoms with E-state index < -0.39 is 18.7 Å². The molecule has 0 fully saturated rings. The normalized spacial score (nSPS) is 13.1. The van der Waals surface area contributed by atoms with Gasteiger partial charge in [-0.3, -0.25) is 9.59 Å². The van der Waals surface area contributed by atoms with Crippen LogP contribution in [0.2, 0.25) is 0 Å². The summed E-state index contributed by atoms with van der Waals surface area (Å²) in [7, 11) is 6.50. The van der Waals surface area contributed by atoms with Crippen molar-refractivity contribution in [3.05, 3.63) is 431 Å². The number of aryl methyl sites for hydroxylation is 8. The number of benzene rings is 13. The van der Waals surface area contributed by atoms with Crippen LogP contribution in [0.4, 0.5) is 26.3 Å². The van der Waals surface area contributed by atoms with Gasteiger partial charge in [0.15, 0.2) is 46.0 Å². The lowest BCUT2D eigenvalue weighted by atomic mass is 9.92. The third-order valence-corrected chi connectivity index (χ3v) is 23.3. The minimum absolute atomic E-state index is 0.0636. The van der Waals surface area contributed by atoms with E-state index in [-0.39, 0.29) is 35.4 Å². The van der Waals surface area contributed by atoms with Gasteiger partial charge in [0, 0.05) is 44.4 Å². The lowest BCUT2D eigenvalue weighted by Crippen LogP contribution is -2.28. The number of hydrogen-bond acceptors (Lipinski definition) is 15. The Bertz CT molecular complexity index is 6170. The van der Waals surface area contributed by atoms with Crippen LogP contribution in [0.15, 0.2) is 303 Å². The molecule has 2 unspecified atom stereocenters. The predicted octanol–water partition coefficient (Wildman–Crippen LogP) is 25.7. The highest BCUT2D eigenvalue weighted by Crippen LogP contribution is 2.40. The summed E-state index contributed by atoms with van der Waals surface area (Å²) >= 11 is 0. The molecule has 0 saturated heterocycles. The zero-order valence-corrected chi connectivity index (χ0v) is 82.4. The topological polar surface area (TPSA) is 212 Å². The van der Waals surface area contributed by atoms with Gasteiger partial charge in [-0.15, -0.1) is 26.3 Å². The van der Waals surface area contributed by atoms with Gasteiger partial charge >= 0.3 is 18.7 Å². The Balaban J connectivity index is 0.000000174. The molecule has 744 valence electrons. The van der Waals surface area contributed by atoms with Crippen LogP contribution >= 0.6 is 0 Å². The number of methoxy groups -OCH3 is 4. The number of amides is 2. The van der Waals surface area contributed by atoms with Crippen molar-refractivity contribution in [1.82, 2.24) is 21.3 Å². The van der Waals surface area contributed by atoms with Gasteiger partial charge in [-0.05, 0) is 283 Å². The SMILES string of the molecule is COc1cc2c(cc1OCc1ccccc1)CCNC2/C=C/c1ccc(OC(F)(F)F)cc1C.COc1cc2c(cc1OCc1ccccc1)CCNC2/C=C/c1ccc(OC(F)(F)F)cc1C.COc1ccc(CCNC(=O)/C=C/c2ccc(C)cc2C)cc1OCc1ccccc1.COc1ccc(CCNC(=O)/C=C/c2ccc(C)cc2C)cc1OCc1ccccc1.Cc1ccc(/C=C/C(=O)O)c(C)c1. The first-order chi connectivity index (χ1) is 68.8. The van der Waals surface area contributed by atoms with Crippen molar-refractivity contribution in [3.63, 3.8) is 0 Å². The van der Waals surface area contributed by atoms with E-state index in [0.717, 1.165) is 121 Å². The maximum absolute atomic E-state index is 12.5. The Kier molecular flexibility index (Phi) is 41.0. The Hall–Kier alpha value is -15.5. The van der Waals surface area contributed by atoms with Gasteiger partial charge in [0.05, 0.1) is 40.5 Å². The number of carbonyl (C=O) groups is 3. The summed E-state index contributed by atoms with van der Waals surface area (Å²) in [6, 6.07) is 86.5. The van der Waals surface area contributed by atoms with Crippen molar-refractivity contribution >= 4 is 48.2 Å². The van der Waals surface area contributed by atoms with Crippen molar-refractivity contribution in [2.24, 2.45) is 0 Å². The number of aliphatic carboxylic acids is 1. The number of carboxylic acid groups (broad SMARTS) is 1. The molecular formula is C119H122F6N4O14. The van der Waals surface area contributed by atoms with E-state index in [1.54, 1.807) is 72.6 Å². The number of fused-ring (bicyclic) bond motifs is 2. The molecule has 15 rings (SSSR count). The number of alkyl halides is 6. The molecule has 0 radical (unpaired) electrons. The smallest absolute Gasteiger partial charge is 0.493 e. The summed E-state index contributed by atoms with van der Waals surface area (Å²) in [4.78, 5) is 34.6. The molecule has 0 aromatic heterocycles. The predicted molar refractivity (Wildman–Crippen MR) is 554 cm³/mol. The molecule has 24 heteroatoms. The van der Waals surface area contributed by atoms with Crippen molar-refractivity contribution in [3.8, 4) is 57.5 Å². The first-order valence-electron chi connectivity index (χ1n) is 46.9. The second-order valence-electron chi connectivity index (χ2n) is 34.2. The average molecular weight is 1950 g/mol. The van der Waals surface area contributed by atoms with E-state index in [1.165, 1.54) is 52.1 Å². The molecule has 0 saturated carbocycles. The van der Waals surface area contributed by atoms with Crippen LogP contribution in [0.25, 0.3) is 30.4 Å². The van der Waals surface area contributed by atoms with Gasteiger partial charge < -0.3 is 73.7 Å². The van der Waals surface area contributed by atoms with Gasteiger partial charge in [-0.25, -0.2) is 4.79 Å². The minimum atomic E-state index is -4.71. The van der Waals surface area contributed by atoms with Gasteiger partial charge in [0.1, 0.15) is 37.9 Å². The minimum Gasteiger partial charge on any atom is -0.493 e. The van der Waals surface area contributed by atoms with Gasteiger partial charge in [-0.2, -0.15) is 0 Å². The quantitative estimate of drug-likeness (QED) is 0.0187. The summed E-state index contributed by atoms with van der Waals surface area (Å²) in [5, 5.41) is 21.3. The largest absolute Gasteiger partial charge is 0.573 e. The zero-order valence-electron chi connectivity index (χ0n) is 82.4. The molecule has 2 heterocycles. The van der Waals surface area contributed by atoms with E-state index in [2.05, 4.69) is 56.7 Å². The number of hydrogen-bond donors (Lipinski definition) is 5. The van der Waals surface area contributed by atoms with Crippen LogP contribution in [-0.4, -0.2) is 90.2 Å². The Morgan fingerprint density at radius 1 is 0.336 bits per heavy atom. The number of halogens is 6. The number of nitrogens with one attached hydrogen (secondary N) is 4. The summed E-state index contributed by atoms with van der Waals surface area (Å²) in [6.07, 6.45) is 11.2. The lowest BCUT2D eigenvalue weighted by Gasteiger charge is -2.26. The monoisotopic (exact) mass is 1940 g/mol. The first kappa shape index (κ1) is 108. The van der Waals surface area contributed by atoms with Gasteiger partial charge in [0.25, 0.3) is 0 Å². The maximum atomic E-state index is 12.5. The molecule has 0 spiro atoms. The van der Waals surface area contributed by atoms with Crippen molar-refractivity contribution < 1.29 is 93.2 Å². The number of carbonyl (C=O) groups excluding carboxylic acids is 2. The van der Waals surface area contributed by atoms with Gasteiger partial charge in [-0.1, -0.05) is 241 Å². The number of rotatable bonds is 34. The summed E-state index contributed by atoms with van der Waals surface area (Å²) in [6.45, 7) is 20.2.